The maximum absolute atomic E-state index is 6.44. The average molecular weight is 311 g/mol. The van der Waals surface area contributed by atoms with Crippen LogP contribution in [0.1, 0.15) is 18.4 Å². The van der Waals surface area contributed by atoms with Crippen LogP contribution in [0.5, 0.6) is 0 Å². The van der Waals surface area contributed by atoms with Crippen LogP contribution in [0.15, 0.2) is 18.2 Å². The number of halogens is 1. The van der Waals surface area contributed by atoms with Gasteiger partial charge in [0, 0.05) is 43.0 Å². The molecule has 21 heavy (non-hydrogen) atoms. The van der Waals surface area contributed by atoms with Crippen molar-refractivity contribution in [1.29, 1.82) is 0 Å². The third-order valence-corrected chi connectivity index (χ3v) is 4.43. The molecule has 2 aliphatic rings. The van der Waals surface area contributed by atoms with E-state index < -0.39 is 0 Å². The van der Waals surface area contributed by atoms with E-state index in [0.29, 0.717) is 6.04 Å². The Morgan fingerprint density at radius 2 is 2.05 bits per heavy atom. The fraction of sp³-hybridized carbons (Fsp3) is 0.625. The molecule has 0 amide bonds. The average Bonchev–Trinajstić information content (AvgIpc) is 2.52. The first kappa shape index (κ1) is 15.1. The fourth-order valence-electron chi connectivity index (χ4n) is 2.86. The molecule has 5 heteroatoms. The van der Waals surface area contributed by atoms with Crippen molar-refractivity contribution < 1.29 is 9.47 Å². The summed E-state index contributed by atoms with van der Waals surface area (Å²) in [5.41, 5.74) is 2.27. The molecule has 116 valence electrons. The number of morpholine rings is 1. The van der Waals surface area contributed by atoms with Crippen LogP contribution >= 0.6 is 11.6 Å². The lowest BCUT2D eigenvalue weighted by Crippen LogP contribution is -2.35. The Labute approximate surface area is 131 Å². The van der Waals surface area contributed by atoms with Gasteiger partial charge in [0.15, 0.2) is 0 Å². The first-order valence-electron chi connectivity index (χ1n) is 7.74. The Morgan fingerprint density at radius 1 is 1.19 bits per heavy atom. The fourth-order valence-corrected chi connectivity index (χ4v) is 3.10. The van der Waals surface area contributed by atoms with E-state index in [9.17, 15) is 0 Å². The molecule has 3 rings (SSSR count). The van der Waals surface area contributed by atoms with Gasteiger partial charge in [0.2, 0.25) is 0 Å². The number of anilines is 1. The highest BCUT2D eigenvalue weighted by molar-refractivity contribution is 6.31. The summed E-state index contributed by atoms with van der Waals surface area (Å²) in [6.07, 6.45) is 2.29. The number of hydrogen-bond acceptors (Lipinski definition) is 4. The molecule has 1 N–H and O–H groups in total. The van der Waals surface area contributed by atoms with Crippen LogP contribution in [0, 0.1) is 0 Å². The monoisotopic (exact) mass is 310 g/mol. The van der Waals surface area contributed by atoms with Crippen LogP contribution in [-0.2, 0) is 16.0 Å². The van der Waals surface area contributed by atoms with Crippen molar-refractivity contribution in [3.05, 3.63) is 28.8 Å². The standard InChI is InChI=1S/C16H23ClN2O2/c17-16-10-14(18-15-2-1-7-21-12-15)4-3-13(16)11-19-5-8-20-9-6-19/h3-4,10,15,18H,1-2,5-9,11-12H2. The zero-order chi connectivity index (χ0) is 14.5. The van der Waals surface area contributed by atoms with Crippen molar-refractivity contribution in [2.75, 3.05) is 44.8 Å². The maximum Gasteiger partial charge on any atom is 0.0667 e. The number of nitrogens with one attached hydrogen (secondary N) is 1. The molecule has 0 saturated carbocycles. The van der Waals surface area contributed by atoms with Crippen molar-refractivity contribution in [2.45, 2.75) is 25.4 Å². The van der Waals surface area contributed by atoms with Gasteiger partial charge in [-0.2, -0.15) is 0 Å². The third kappa shape index (κ3) is 4.33. The summed E-state index contributed by atoms with van der Waals surface area (Å²) in [5, 5.41) is 4.35. The van der Waals surface area contributed by atoms with Crippen LogP contribution in [0.25, 0.3) is 0 Å². The highest BCUT2D eigenvalue weighted by Crippen LogP contribution is 2.24. The third-order valence-electron chi connectivity index (χ3n) is 4.08. The lowest BCUT2D eigenvalue weighted by atomic mass is 10.1. The van der Waals surface area contributed by atoms with Crippen molar-refractivity contribution in [3.8, 4) is 0 Å². The maximum atomic E-state index is 6.44. The van der Waals surface area contributed by atoms with E-state index >= 15 is 0 Å². The first-order valence-corrected chi connectivity index (χ1v) is 8.12. The molecular weight excluding hydrogens is 288 g/mol. The SMILES string of the molecule is Clc1cc(NC2CCCOC2)ccc1CN1CCOCC1. The normalized spacial score (nSPS) is 24.0. The highest BCUT2D eigenvalue weighted by Gasteiger charge is 2.15. The van der Waals surface area contributed by atoms with E-state index in [1.165, 1.54) is 5.56 Å². The van der Waals surface area contributed by atoms with Gasteiger partial charge in [0.1, 0.15) is 0 Å². The van der Waals surface area contributed by atoms with Gasteiger partial charge in [0.25, 0.3) is 0 Å². The molecule has 1 aromatic carbocycles. The van der Waals surface area contributed by atoms with Gasteiger partial charge in [-0.1, -0.05) is 17.7 Å². The molecule has 2 aliphatic heterocycles. The van der Waals surface area contributed by atoms with Crippen LogP contribution in [0.4, 0.5) is 5.69 Å². The number of rotatable bonds is 4. The minimum Gasteiger partial charge on any atom is -0.380 e. The minimum absolute atomic E-state index is 0.403. The number of hydrogen-bond donors (Lipinski definition) is 1. The van der Waals surface area contributed by atoms with Crippen molar-refractivity contribution in [1.82, 2.24) is 4.90 Å². The number of nitrogens with zero attached hydrogens (tertiary/aromatic N) is 1. The van der Waals surface area contributed by atoms with Crippen molar-refractivity contribution >= 4 is 17.3 Å². The van der Waals surface area contributed by atoms with Crippen LogP contribution in [0.2, 0.25) is 5.02 Å². The first-order chi connectivity index (χ1) is 10.3. The van der Waals surface area contributed by atoms with E-state index in [-0.39, 0.29) is 0 Å². The Kier molecular flexibility index (Phi) is 5.36. The van der Waals surface area contributed by atoms with Crippen LogP contribution in [0.3, 0.4) is 0 Å². The van der Waals surface area contributed by atoms with E-state index in [1.54, 1.807) is 0 Å². The summed E-state index contributed by atoms with van der Waals surface area (Å²) in [4.78, 5) is 2.38. The molecule has 4 nitrogen and oxygen atoms in total. The van der Waals surface area contributed by atoms with Crippen molar-refractivity contribution in [3.63, 3.8) is 0 Å². The number of benzene rings is 1. The van der Waals surface area contributed by atoms with E-state index in [1.807, 2.05) is 6.07 Å². The van der Waals surface area contributed by atoms with Gasteiger partial charge in [-0.25, -0.2) is 0 Å². The second-order valence-corrected chi connectivity index (χ2v) is 6.16. The zero-order valence-corrected chi connectivity index (χ0v) is 13.1. The molecule has 2 heterocycles. The summed E-state index contributed by atoms with van der Waals surface area (Å²) >= 11 is 6.44. The summed E-state index contributed by atoms with van der Waals surface area (Å²) in [5.74, 6) is 0. The highest BCUT2D eigenvalue weighted by atomic mass is 35.5. The van der Waals surface area contributed by atoms with E-state index in [0.717, 1.165) is 69.6 Å². The van der Waals surface area contributed by atoms with E-state index in [4.69, 9.17) is 21.1 Å². The largest absolute Gasteiger partial charge is 0.380 e. The molecule has 0 spiro atoms. The Balaban J connectivity index is 1.59. The van der Waals surface area contributed by atoms with Gasteiger partial charge in [-0.3, -0.25) is 4.90 Å². The predicted octanol–water partition coefficient (Wildman–Crippen LogP) is 2.76. The number of ether oxygens (including phenoxy) is 2. The van der Waals surface area contributed by atoms with Gasteiger partial charge in [0.05, 0.1) is 19.8 Å². The zero-order valence-electron chi connectivity index (χ0n) is 12.3. The molecule has 0 aromatic heterocycles. The summed E-state index contributed by atoms with van der Waals surface area (Å²) < 4.78 is 10.9. The predicted molar refractivity (Wildman–Crippen MR) is 85.0 cm³/mol. The van der Waals surface area contributed by atoms with Gasteiger partial charge < -0.3 is 14.8 Å². The molecular formula is C16H23ClN2O2. The second-order valence-electron chi connectivity index (χ2n) is 5.75. The smallest absolute Gasteiger partial charge is 0.0667 e. The minimum atomic E-state index is 0.403. The molecule has 0 radical (unpaired) electrons. The quantitative estimate of drug-likeness (QED) is 0.927. The lowest BCUT2D eigenvalue weighted by Gasteiger charge is -2.27. The molecule has 0 aliphatic carbocycles. The molecule has 1 atom stereocenters. The molecule has 1 aromatic rings. The second kappa shape index (κ2) is 7.45. The van der Waals surface area contributed by atoms with E-state index in [2.05, 4.69) is 22.3 Å². The van der Waals surface area contributed by atoms with Gasteiger partial charge in [-0.05, 0) is 30.5 Å². The summed E-state index contributed by atoms with van der Waals surface area (Å²) in [6.45, 7) is 6.17. The van der Waals surface area contributed by atoms with Crippen molar-refractivity contribution in [2.24, 2.45) is 0 Å². The lowest BCUT2D eigenvalue weighted by molar-refractivity contribution is 0.0342. The Morgan fingerprint density at radius 3 is 2.76 bits per heavy atom. The summed E-state index contributed by atoms with van der Waals surface area (Å²) in [6, 6.07) is 6.69. The molecule has 1 unspecified atom stereocenters. The van der Waals surface area contributed by atoms with Crippen LogP contribution in [-0.4, -0.2) is 50.5 Å². The van der Waals surface area contributed by atoms with Gasteiger partial charge >= 0.3 is 0 Å². The topological polar surface area (TPSA) is 33.7 Å². The Bertz CT molecular complexity index is 458. The molecule has 2 saturated heterocycles. The summed E-state index contributed by atoms with van der Waals surface area (Å²) in [7, 11) is 0. The van der Waals surface area contributed by atoms with Crippen LogP contribution < -0.4 is 5.32 Å². The van der Waals surface area contributed by atoms with Gasteiger partial charge in [-0.15, -0.1) is 0 Å². The molecule has 2 fully saturated rings. The Hall–Kier alpha value is -0.810. The molecule has 0 bridgehead atoms.